The first kappa shape index (κ1) is 11.6. The Morgan fingerprint density at radius 2 is 1.82 bits per heavy atom. The molecule has 17 heavy (non-hydrogen) atoms. The quantitative estimate of drug-likeness (QED) is 0.577. The molecule has 1 aromatic carbocycles. The zero-order chi connectivity index (χ0) is 12.4. The Hall–Kier alpha value is -1.90. The van der Waals surface area contributed by atoms with E-state index < -0.39 is 0 Å². The van der Waals surface area contributed by atoms with Gasteiger partial charge >= 0.3 is 0 Å². The number of benzene rings is 1. The molecule has 1 aromatic rings. The maximum atomic E-state index is 12.1. The number of nitrogens with zero attached hydrogens (tertiary/aromatic N) is 1. The smallest absolute Gasteiger partial charge is 0.261 e. The van der Waals surface area contributed by atoms with Crippen LogP contribution in [0.5, 0.6) is 0 Å². The van der Waals surface area contributed by atoms with E-state index in [0.29, 0.717) is 11.3 Å². The van der Waals surface area contributed by atoms with Crippen LogP contribution in [0.1, 0.15) is 20.3 Å². The van der Waals surface area contributed by atoms with Crippen LogP contribution < -0.4 is 4.90 Å². The van der Waals surface area contributed by atoms with Crippen molar-refractivity contribution in [3.63, 3.8) is 0 Å². The Labute approximate surface area is 101 Å². The van der Waals surface area contributed by atoms with Gasteiger partial charge in [-0.25, -0.2) is 4.90 Å². The van der Waals surface area contributed by atoms with Crippen molar-refractivity contribution in [3.8, 4) is 0 Å². The van der Waals surface area contributed by atoms with Crippen molar-refractivity contribution < 1.29 is 9.59 Å². The molecule has 3 nitrogen and oxygen atoms in total. The Morgan fingerprint density at radius 1 is 1.18 bits per heavy atom. The third kappa shape index (κ3) is 2.28. The molecule has 1 saturated heterocycles. The van der Waals surface area contributed by atoms with Crippen LogP contribution in [-0.2, 0) is 9.59 Å². The average molecular weight is 229 g/mol. The Balaban J connectivity index is 2.33. The van der Waals surface area contributed by atoms with E-state index in [1.165, 1.54) is 4.90 Å². The van der Waals surface area contributed by atoms with Crippen molar-refractivity contribution in [2.24, 2.45) is 5.92 Å². The van der Waals surface area contributed by atoms with Gasteiger partial charge < -0.3 is 0 Å². The first-order valence-corrected chi connectivity index (χ1v) is 5.72. The molecule has 0 radical (unpaired) electrons. The van der Waals surface area contributed by atoms with Crippen molar-refractivity contribution in [2.45, 2.75) is 20.3 Å². The molecule has 1 aliphatic heterocycles. The normalized spacial score (nSPS) is 18.5. The third-order valence-electron chi connectivity index (χ3n) is 2.62. The van der Waals surface area contributed by atoms with Crippen LogP contribution in [0.2, 0.25) is 0 Å². The molecule has 0 spiro atoms. The first-order valence-electron chi connectivity index (χ1n) is 5.72. The third-order valence-corrected chi connectivity index (χ3v) is 2.62. The number of anilines is 1. The lowest BCUT2D eigenvalue weighted by atomic mass is 10.1. The fraction of sp³-hybridized carbons (Fsp3) is 0.286. The van der Waals surface area contributed by atoms with Gasteiger partial charge in [0.1, 0.15) is 0 Å². The standard InChI is InChI=1S/C14H15NO2/c1-10(2)8-11-9-13(16)15(14(11)17)12-6-4-3-5-7-12/h3-8,10H,9H2,1-2H3. The van der Waals surface area contributed by atoms with Gasteiger partial charge in [-0.15, -0.1) is 0 Å². The molecule has 0 saturated carbocycles. The lowest BCUT2D eigenvalue weighted by Gasteiger charge is -2.12. The van der Waals surface area contributed by atoms with Crippen molar-refractivity contribution in [3.05, 3.63) is 42.0 Å². The maximum absolute atomic E-state index is 12.1. The summed E-state index contributed by atoms with van der Waals surface area (Å²) in [6.07, 6.45) is 2.08. The van der Waals surface area contributed by atoms with E-state index >= 15 is 0 Å². The number of carbonyl (C=O) groups excluding carboxylic acids is 2. The summed E-state index contributed by atoms with van der Waals surface area (Å²) < 4.78 is 0. The zero-order valence-electron chi connectivity index (χ0n) is 10.0. The van der Waals surface area contributed by atoms with E-state index in [1.54, 1.807) is 12.1 Å². The highest BCUT2D eigenvalue weighted by Crippen LogP contribution is 2.26. The van der Waals surface area contributed by atoms with Gasteiger partial charge in [0.2, 0.25) is 5.91 Å². The minimum absolute atomic E-state index is 0.145. The molecule has 0 aromatic heterocycles. The van der Waals surface area contributed by atoms with E-state index in [2.05, 4.69) is 0 Å². The summed E-state index contributed by atoms with van der Waals surface area (Å²) in [5.41, 5.74) is 1.25. The number of imide groups is 1. The molecular weight excluding hydrogens is 214 g/mol. The van der Waals surface area contributed by atoms with Gasteiger partial charge in [0.25, 0.3) is 5.91 Å². The molecule has 0 N–H and O–H groups in total. The Morgan fingerprint density at radius 3 is 2.41 bits per heavy atom. The SMILES string of the molecule is CC(C)C=C1CC(=O)N(c2ccccc2)C1=O. The summed E-state index contributed by atoms with van der Waals surface area (Å²) in [5, 5.41) is 0. The Kier molecular flexibility index (Phi) is 3.09. The van der Waals surface area contributed by atoms with Crippen LogP contribution in [0.25, 0.3) is 0 Å². The number of allylic oxidation sites excluding steroid dienone is 1. The van der Waals surface area contributed by atoms with Gasteiger partial charge in [0, 0.05) is 5.57 Å². The summed E-state index contributed by atoms with van der Waals surface area (Å²) >= 11 is 0. The number of carbonyl (C=O) groups is 2. The second-order valence-corrected chi connectivity index (χ2v) is 4.48. The number of hydrogen-bond acceptors (Lipinski definition) is 2. The number of hydrogen-bond donors (Lipinski definition) is 0. The minimum Gasteiger partial charge on any atom is -0.274 e. The first-order chi connectivity index (χ1) is 8.09. The Bertz CT molecular complexity index is 474. The predicted octanol–water partition coefficient (Wildman–Crippen LogP) is 2.53. The summed E-state index contributed by atoms with van der Waals surface area (Å²) in [6, 6.07) is 9.04. The monoisotopic (exact) mass is 229 g/mol. The van der Waals surface area contributed by atoms with E-state index in [4.69, 9.17) is 0 Å². The molecule has 1 heterocycles. The van der Waals surface area contributed by atoms with Gasteiger partial charge in [-0.1, -0.05) is 38.1 Å². The van der Waals surface area contributed by atoms with Crippen molar-refractivity contribution in [1.82, 2.24) is 0 Å². The van der Waals surface area contributed by atoms with E-state index in [-0.39, 0.29) is 24.2 Å². The molecule has 1 fully saturated rings. The van der Waals surface area contributed by atoms with Crippen molar-refractivity contribution in [1.29, 1.82) is 0 Å². The molecule has 88 valence electrons. The van der Waals surface area contributed by atoms with Crippen molar-refractivity contribution >= 4 is 17.5 Å². The summed E-state index contributed by atoms with van der Waals surface area (Å²) in [4.78, 5) is 25.2. The highest BCUT2D eigenvalue weighted by atomic mass is 16.2. The van der Waals surface area contributed by atoms with Crippen LogP contribution in [0, 0.1) is 5.92 Å². The maximum Gasteiger partial charge on any atom is 0.261 e. The van der Waals surface area contributed by atoms with Crippen LogP contribution in [0.3, 0.4) is 0 Å². The molecule has 0 bridgehead atoms. The van der Waals surface area contributed by atoms with Crippen molar-refractivity contribution in [2.75, 3.05) is 4.90 Å². The molecule has 0 atom stereocenters. The van der Waals surface area contributed by atoms with Crippen LogP contribution in [0.4, 0.5) is 5.69 Å². The fourth-order valence-electron chi connectivity index (χ4n) is 1.95. The van der Waals surface area contributed by atoms with Gasteiger partial charge in [0.15, 0.2) is 0 Å². The van der Waals surface area contributed by atoms with Gasteiger partial charge in [-0.2, -0.15) is 0 Å². The second-order valence-electron chi connectivity index (χ2n) is 4.48. The average Bonchev–Trinajstić information content (AvgIpc) is 2.54. The summed E-state index contributed by atoms with van der Waals surface area (Å²) in [7, 11) is 0. The van der Waals surface area contributed by atoms with Gasteiger partial charge in [-0.3, -0.25) is 9.59 Å². The molecule has 1 aliphatic rings. The summed E-state index contributed by atoms with van der Waals surface area (Å²) in [6.45, 7) is 3.99. The molecule has 2 amide bonds. The molecule has 0 aliphatic carbocycles. The van der Waals surface area contributed by atoms with E-state index in [9.17, 15) is 9.59 Å². The minimum atomic E-state index is -0.185. The van der Waals surface area contributed by atoms with Gasteiger partial charge in [-0.05, 0) is 18.1 Å². The van der Waals surface area contributed by atoms with Crippen LogP contribution in [0.15, 0.2) is 42.0 Å². The highest BCUT2D eigenvalue weighted by Gasteiger charge is 2.34. The lowest BCUT2D eigenvalue weighted by Crippen LogP contribution is -2.28. The molecule has 2 rings (SSSR count). The topological polar surface area (TPSA) is 37.4 Å². The second kappa shape index (κ2) is 4.53. The number of rotatable bonds is 2. The molecule has 3 heteroatoms. The van der Waals surface area contributed by atoms with Gasteiger partial charge in [0.05, 0.1) is 12.1 Å². The van der Waals surface area contributed by atoms with E-state index in [1.807, 2.05) is 38.1 Å². The van der Waals surface area contributed by atoms with E-state index in [0.717, 1.165) is 0 Å². The zero-order valence-corrected chi connectivity index (χ0v) is 10.0. The molecular formula is C14H15NO2. The van der Waals surface area contributed by atoms with Crippen LogP contribution >= 0.6 is 0 Å². The molecule has 0 unspecified atom stereocenters. The van der Waals surface area contributed by atoms with Crippen LogP contribution in [-0.4, -0.2) is 11.8 Å². The highest BCUT2D eigenvalue weighted by molar-refractivity contribution is 6.28. The lowest BCUT2D eigenvalue weighted by molar-refractivity contribution is -0.120. The number of para-hydroxylation sites is 1. The fourth-order valence-corrected chi connectivity index (χ4v) is 1.95. The predicted molar refractivity (Wildman–Crippen MR) is 66.5 cm³/mol. The number of amides is 2. The largest absolute Gasteiger partial charge is 0.274 e. The summed E-state index contributed by atoms with van der Waals surface area (Å²) in [5.74, 6) is -0.0551.